The Labute approximate surface area is 166 Å². The minimum Gasteiger partial charge on any atom is -0.382 e. The molecule has 5 rings (SSSR count). The summed E-state index contributed by atoms with van der Waals surface area (Å²) in [5.74, 6) is -0.238. The highest BCUT2D eigenvalue weighted by molar-refractivity contribution is 5.71. The van der Waals surface area contributed by atoms with Gasteiger partial charge in [-0.05, 0) is 37.1 Å². The monoisotopic (exact) mass is 395 g/mol. The number of hydrogen-bond acceptors (Lipinski definition) is 5. The number of hydrogen-bond donors (Lipinski definition) is 1. The molecule has 0 radical (unpaired) electrons. The summed E-state index contributed by atoms with van der Waals surface area (Å²) in [6.07, 6.45) is 3.22. The molecule has 1 atom stereocenters. The summed E-state index contributed by atoms with van der Waals surface area (Å²) in [5, 5.41) is 3.41. The Morgan fingerprint density at radius 1 is 1.10 bits per heavy atom. The number of nitrogens with one attached hydrogen (secondary N) is 1. The van der Waals surface area contributed by atoms with Crippen LogP contribution in [0.5, 0.6) is 0 Å². The fourth-order valence-electron chi connectivity index (χ4n) is 4.54. The van der Waals surface area contributed by atoms with E-state index in [1.54, 1.807) is 21.3 Å². The van der Waals surface area contributed by atoms with Gasteiger partial charge in [0.2, 0.25) is 0 Å². The van der Waals surface area contributed by atoms with Crippen molar-refractivity contribution in [1.82, 2.24) is 19.0 Å². The number of nitrogens with zero attached hydrogens (tertiary/aromatic N) is 4. The van der Waals surface area contributed by atoms with E-state index in [9.17, 15) is 14.0 Å². The first-order valence-electron chi connectivity index (χ1n) is 9.94. The lowest BCUT2D eigenvalue weighted by molar-refractivity contribution is 0.187. The number of pyridine rings is 1. The molecule has 0 amide bonds. The third-order valence-corrected chi connectivity index (χ3v) is 5.92. The van der Waals surface area contributed by atoms with Gasteiger partial charge < -0.3 is 10.2 Å². The minimum absolute atomic E-state index is 0.0733. The van der Waals surface area contributed by atoms with E-state index >= 15 is 0 Å². The van der Waals surface area contributed by atoms with Crippen molar-refractivity contribution in [2.45, 2.75) is 31.5 Å². The van der Waals surface area contributed by atoms with E-state index < -0.39 is 0 Å². The molecular formula is C21H22FN5O2. The van der Waals surface area contributed by atoms with Crippen molar-refractivity contribution in [2.75, 3.05) is 25.0 Å². The molecule has 2 aromatic heterocycles. The molecule has 4 heterocycles. The van der Waals surface area contributed by atoms with E-state index in [1.807, 2.05) is 6.07 Å². The molecule has 1 aromatic carbocycles. The topological polar surface area (TPSA) is 72.2 Å². The number of likely N-dealkylation sites (tertiary alicyclic amines) is 1. The van der Waals surface area contributed by atoms with Gasteiger partial charge in [-0.2, -0.15) is 0 Å². The molecule has 2 aliphatic rings. The molecule has 2 aliphatic heterocycles. The number of benzene rings is 1. The number of aromatic nitrogens is 3. The molecule has 0 bridgehead atoms. The van der Waals surface area contributed by atoms with Crippen molar-refractivity contribution in [2.24, 2.45) is 0 Å². The first-order valence-corrected chi connectivity index (χ1v) is 9.94. The molecular weight excluding hydrogens is 373 g/mol. The molecule has 0 spiro atoms. The maximum absolute atomic E-state index is 13.4. The van der Waals surface area contributed by atoms with Crippen LogP contribution < -0.4 is 16.4 Å². The van der Waals surface area contributed by atoms with E-state index in [1.165, 1.54) is 24.4 Å². The van der Waals surface area contributed by atoms with Crippen molar-refractivity contribution in [1.29, 1.82) is 0 Å². The lowest BCUT2D eigenvalue weighted by atomic mass is 10.0. The quantitative estimate of drug-likeness (QED) is 0.730. The molecule has 0 saturated carbocycles. The summed E-state index contributed by atoms with van der Waals surface area (Å²) < 4.78 is 16.8. The van der Waals surface area contributed by atoms with Gasteiger partial charge in [0.05, 0.1) is 12.2 Å². The lowest BCUT2D eigenvalue weighted by Gasteiger charge is -2.34. The molecule has 1 saturated heterocycles. The molecule has 1 fully saturated rings. The number of rotatable bonds is 4. The summed E-state index contributed by atoms with van der Waals surface area (Å²) in [6, 6.07) is 9.95. The predicted molar refractivity (Wildman–Crippen MR) is 109 cm³/mol. The molecule has 8 heteroatoms. The summed E-state index contributed by atoms with van der Waals surface area (Å²) in [6.45, 7) is 2.99. The number of anilines is 1. The minimum atomic E-state index is -0.238. The van der Waals surface area contributed by atoms with Gasteiger partial charge in [0.15, 0.2) is 0 Å². The summed E-state index contributed by atoms with van der Waals surface area (Å²) in [4.78, 5) is 31.2. The molecule has 150 valence electrons. The van der Waals surface area contributed by atoms with Gasteiger partial charge in [-0.25, -0.2) is 9.37 Å². The largest absolute Gasteiger partial charge is 0.382 e. The molecule has 7 nitrogen and oxygen atoms in total. The third-order valence-electron chi connectivity index (χ3n) is 5.92. The van der Waals surface area contributed by atoms with Crippen molar-refractivity contribution in [3.63, 3.8) is 0 Å². The summed E-state index contributed by atoms with van der Waals surface area (Å²) >= 11 is 0. The van der Waals surface area contributed by atoms with E-state index in [-0.39, 0.29) is 23.0 Å². The van der Waals surface area contributed by atoms with Crippen LogP contribution in [0.2, 0.25) is 0 Å². The molecule has 1 unspecified atom stereocenters. The van der Waals surface area contributed by atoms with Gasteiger partial charge in [-0.15, -0.1) is 0 Å². The van der Waals surface area contributed by atoms with Crippen molar-refractivity contribution >= 4 is 16.9 Å². The highest BCUT2D eigenvalue weighted by Gasteiger charge is 2.29. The smallest absolute Gasteiger partial charge is 0.270 e. The van der Waals surface area contributed by atoms with Gasteiger partial charge >= 0.3 is 0 Å². The van der Waals surface area contributed by atoms with E-state index in [2.05, 4.69) is 15.2 Å². The Morgan fingerprint density at radius 3 is 2.72 bits per heavy atom. The predicted octanol–water partition coefficient (Wildman–Crippen LogP) is 1.83. The lowest BCUT2D eigenvalue weighted by Crippen LogP contribution is -2.42. The SMILES string of the molecule is O=c1ccc2ncc(=O)n3c2n1CC3CN1CCC(Nc2cccc(F)c2)CC1. The van der Waals surface area contributed by atoms with Crippen LogP contribution in [0, 0.1) is 5.82 Å². The molecule has 0 aliphatic carbocycles. The Bertz CT molecular complexity index is 1170. The first-order chi connectivity index (χ1) is 14.1. The highest BCUT2D eigenvalue weighted by Crippen LogP contribution is 2.25. The second kappa shape index (κ2) is 7.11. The van der Waals surface area contributed by atoms with Crippen molar-refractivity contribution < 1.29 is 4.39 Å². The summed E-state index contributed by atoms with van der Waals surface area (Å²) in [5.41, 5.74) is 1.84. The molecule has 1 N–H and O–H groups in total. The normalized spacial score (nSPS) is 19.7. The van der Waals surface area contributed by atoms with Crippen molar-refractivity contribution in [3.05, 3.63) is 69.1 Å². The van der Waals surface area contributed by atoms with Crippen LogP contribution in [-0.4, -0.2) is 44.7 Å². The van der Waals surface area contributed by atoms with Gasteiger partial charge in [0, 0.05) is 44.0 Å². The van der Waals surface area contributed by atoms with E-state index in [0.29, 0.717) is 30.3 Å². The Morgan fingerprint density at radius 2 is 1.93 bits per heavy atom. The van der Waals surface area contributed by atoms with Crippen LogP contribution in [0.3, 0.4) is 0 Å². The Kier molecular flexibility index (Phi) is 4.43. The first kappa shape index (κ1) is 18.1. The van der Waals surface area contributed by atoms with Crippen LogP contribution in [0.25, 0.3) is 11.2 Å². The second-order valence-corrected chi connectivity index (χ2v) is 7.84. The fraction of sp³-hybridized carbons (Fsp3) is 0.381. The van der Waals surface area contributed by atoms with Crippen LogP contribution in [0.1, 0.15) is 18.9 Å². The fourth-order valence-corrected chi connectivity index (χ4v) is 4.54. The van der Waals surface area contributed by atoms with Crippen LogP contribution in [0.15, 0.2) is 52.2 Å². The van der Waals surface area contributed by atoms with Gasteiger partial charge in [0.25, 0.3) is 11.1 Å². The average molecular weight is 395 g/mol. The van der Waals surface area contributed by atoms with Gasteiger partial charge in [0.1, 0.15) is 17.0 Å². The van der Waals surface area contributed by atoms with E-state index in [4.69, 9.17) is 0 Å². The van der Waals surface area contributed by atoms with Gasteiger partial charge in [-0.1, -0.05) is 6.07 Å². The number of piperidine rings is 1. The zero-order chi connectivity index (χ0) is 20.0. The standard InChI is InChI=1S/C21H22FN5O2/c22-14-2-1-3-16(10-14)24-15-6-8-25(9-7-15)12-17-13-26-19(28)5-4-18-21(26)27(17)20(29)11-23-18/h1-5,10-11,15,17,24H,6-9,12-13H2. The van der Waals surface area contributed by atoms with Crippen LogP contribution >= 0.6 is 0 Å². The maximum atomic E-state index is 13.4. The van der Waals surface area contributed by atoms with Crippen LogP contribution in [0.4, 0.5) is 10.1 Å². The summed E-state index contributed by atoms with van der Waals surface area (Å²) in [7, 11) is 0. The Hall–Kier alpha value is -3.00. The molecule has 29 heavy (non-hydrogen) atoms. The van der Waals surface area contributed by atoms with Gasteiger partial charge in [-0.3, -0.25) is 18.7 Å². The number of halogens is 1. The van der Waals surface area contributed by atoms with Crippen molar-refractivity contribution in [3.8, 4) is 0 Å². The van der Waals surface area contributed by atoms with E-state index in [0.717, 1.165) is 31.6 Å². The van der Waals surface area contributed by atoms with Crippen LogP contribution in [-0.2, 0) is 6.54 Å². The highest BCUT2D eigenvalue weighted by atomic mass is 19.1. The average Bonchev–Trinajstić information content (AvgIpc) is 3.09. The maximum Gasteiger partial charge on any atom is 0.270 e. The third kappa shape index (κ3) is 3.33. The zero-order valence-corrected chi connectivity index (χ0v) is 15.9. The second-order valence-electron chi connectivity index (χ2n) is 7.84. The molecule has 3 aromatic rings. The zero-order valence-electron chi connectivity index (χ0n) is 15.9. The Balaban J connectivity index is 1.27.